The molecule has 0 aromatic heterocycles. The van der Waals surface area contributed by atoms with Gasteiger partial charge in [-0.05, 0) is 37.1 Å². The van der Waals surface area contributed by atoms with Crippen molar-refractivity contribution in [3.05, 3.63) is 63.7 Å². The van der Waals surface area contributed by atoms with Crippen LogP contribution in [0.4, 0.5) is 5.69 Å². The highest BCUT2D eigenvalue weighted by Gasteiger charge is 2.14. The van der Waals surface area contributed by atoms with E-state index in [9.17, 15) is 14.7 Å². The lowest BCUT2D eigenvalue weighted by Crippen LogP contribution is -2.26. The molecule has 0 fully saturated rings. The Morgan fingerprint density at radius 3 is 2.29 bits per heavy atom. The van der Waals surface area contributed by atoms with E-state index in [0.717, 1.165) is 11.1 Å². The van der Waals surface area contributed by atoms with Crippen molar-refractivity contribution in [2.45, 2.75) is 13.8 Å². The van der Waals surface area contributed by atoms with Crippen molar-refractivity contribution >= 4 is 29.2 Å². The molecule has 0 atom stereocenters. The second-order valence-corrected chi connectivity index (χ2v) is 5.13. The lowest BCUT2D eigenvalue weighted by molar-refractivity contribution is -0.255. The van der Waals surface area contributed by atoms with E-state index in [1.54, 1.807) is 12.1 Å². The first-order valence-electron chi connectivity index (χ1n) is 6.28. The number of benzene rings is 2. The summed E-state index contributed by atoms with van der Waals surface area (Å²) < 4.78 is 0. The quantitative estimate of drug-likeness (QED) is 0.947. The molecule has 1 N–H and O–H groups in total. The van der Waals surface area contributed by atoms with Gasteiger partial charge >= 0.3 is 0 Å². The summed E-state index contributed by atoms with van der Waals surface area (Å²) in [5.74, 6) is -1.93. The largest absolute Gasteiger partial charge is 0.545 e. The van der Waals surface area contributed by atoms with Gasteiger partial charge in [0.05, 0.1) is 16.7 Å². The third-order valence-electron chi connectivity index (χ3n) is 3.06. The van der Waals surface area contributed by atoms with Crippen molar-refractivity contribution in [1.29, 1.82) is 0 Å². The summed E-state index contributed by atoms with van der Waals surface area (Å²) in [6.07, 6.45) is 0. The van der Waals surface area contributed by atoms with Gasteiger partial charge in [-0.25, -0.2) is 0 Å². The first kappa shape index (κ1) is 15.1. The molecule has 2 aromatic carbocycles. The van der Waals surface area contributed by atoms with Gasteiger partial charge < -0.3 is 15.2 Å². The second kappa shape index (κ2) is 5.97. The van der Waals surface area contributed by atoms with Gasteiger partial charge in [-0.1, -0.05) is 35.9 Å². The number of aryl methyl sites for hydroxylation is 2. The number of aromatic carboxylic acids is 1. The molecule has 21 heavy (non-hydrogen) atoms. The smallest absolute Gasteiger partial charge is 0.256 e. The summed E-state index contributed by atoms with van der Waals surface area (Å²) in [7, 11) is 0. The van der Waals surface area contributed by atoms with E-state index in [1.807, 2.05) is 19.9 Å². The third kappa shape index (κ3) is 3.23. The van der Waals surface area contributed by atoms with Crippen LogP contribution in [-0.2, 0) is 0 Å². The van der Waals surface area contributed by atoms with E-state index in [0.29, 0.717) is 10.7 Å². The fourth-order valence-corrected chi connectivity index (χ4v) is 2.48. The molecule has 0 heterocycles. The SMILES string of the molecule is Cc1cc(C)c(NC(=O)c2ccccc2C(=O)[O-])c(Cl)c1. The first-order chi connectivity index (χ1) is 9.90. The Bertz CT molecular complexity index is 702. The zero-order valence-corrected chi connectivity index (χ0v) is 12.3. The van der Waals surface area contributed by atoms with Gasteiger partial charge in [-0.15, -0.1) is 0 Å². The van der Waals surface area contributed by atoms with Crippen LogP contribution in [0.1, 0.15) is 31.8 Å². The summed E-state index contributed by atoms with van der Waals surface area (Å²) >= 11 is 6.13. The lowest BCUT2D eigenvalue weighted by atomic mass is 10.1. The highest BCUT2D eigenvalue weighted by Crippen LogP contribution is 2.28. The van der Waals surface area contributed by atoms with Crippen molar-refractivity contribution < 1.29 is 14.7 Å². The van der Waals surface area contributed by atoms with Crippen molar-refractivity contribution in [3.8, 4) is 0 Å². The predicted molar refractivity (Wildman–Crippen MR) is 79.7 cm³/mol. The van der Waals surface area contributed by atoms with Gasteiger partial charge in [-0.3, -0.25) is 4.79 Å². The van der Waals surface area contributed by atoms with Gasteiger partial charge in [-0.2, -0.15) is 0 Å². The number of carboxylic acid groups (broad SMARTS) is 1. The number of anilines is 1. The number of nitrogens with one attached hydrogen (secondary N) is 1. The number of rotatable bonds is 3. The van der Waals surface area contributed by atoms with Gasteiger partial charge in [0.15, 0.2) is 0 Å². The standard InChI is InChI=1S/C16H14ClNO3/c1-9-7-10(2)14(13(17)8-9)18-15(19)11-5-3-4-6-12(11)16(20)21/h3-8H,1-2H3,(H,18,19)(H,20,21)/p-1. The third-order valence-corrected chi connectivity index (χ3v) is 3.36. The molecule has 0 spiro atoms. The van der Waals surface area contributed by atoms with E-state index in [4.69, 9.17) is 11.6 Å². The summed E-state index contributed by atoms with van der Waals surface area (Å²) in [6, 6.07) is 9.49. The number of carboxylic acids is 1. The molecule has 0 aliphatic heterocycles. The Morgan fingerprint density at radius 1 is 1.10 bits per heavy atom. The molecule has 5 heteroatoms. The highest BCUT2D eigenvalue weighted by molar-refractivity contribution is 6.34. The van der Waals surface area contributed by atoms with E-state index in [1.165, 1.54) is 18.2 Å². The molecule has 0 bridgehead atoms. The zero-order valence-electron chi connectivity index (χ0n) is 11.6. The fraction of sp³-hybridized carbons (Fsp3) is 0.125. The summed E-state index contributed by atoms with van der Waals surface area (Å²) in [4.78, 5) is 23.3. The molecule has 2 rings (SSSR count). The average Bonchev–Trinajstić information content (AvgIpc) is 2.42. The number of amides is 1. The van der Waals surface area contributed by atoms with Crippen LogP contribution in [0.15, 0.2) is 36.4 Å². The highest BCUT2D eigenvalue weighted by atomic mass is 35.5. The van der Waals surface area contributed by atoms with E-state index < -0.39 is 11.9 Å². The maximum absolute atomic E-state index is 12.3. The fourth-order valence-electron chi connectivity index (χ4n) is 2.11. The Kier molecular flexibility index (Phi) is 4.29. The Morgan fingerprint density at radius 2 is 1.71 bits per heavy atom. The van der Waals surface area contributed by atoms with E-state index >= 15 is 0 Å². The van der Waals surface area contributed by atoms with Crippen molar-refractivity contribution in [3.63, 3.8) is 0 Å². The minimum atomic E-state index is -1.40. The summed E-state index contributed by atoms with van der Waals surface area (Å²) in [5.41, 5.74) is 2.13. The molecule has 0 radical (unpaired) electrons. The molecule has 0 saturated heterocycles. The van der Waals surface area contributed by atoms with Crippen LogP contribution in [0.2, 0.25) is 5.02 Å². The predicted octanol–water partition coefficient (Wildman–Crippen LogP) is 2.57. The second-order valence-electron chi connectivity index (χ2n) is 4.73. The molecule has 0 aliphatic carbocycles. The average molecular weight is 303 g/mol. The minimum absolute atomic E-state index is 0.0357. The maximum atomic E-state index is 12.3. The van der Waals surface area contributed by atoms with Gasteiger partial charge in [0.25, 0.3) is 5.91 Å². The molecule has 4 nitrogen and oxygen atoms in total. The Labute approximate surface area is 127 Å². The number of halogens is 1. The minimum Gasteiger partial charge on any atom is -0.545 e. The van der Waals surface area contributed by atoms with Crippen LogP contribution < -0.4 is 10.4 Å². The van der Waals surface area contributed by atoms with Crippen LogP contribution in [-0.4, -0.2) is 11.9 Å². The molecular formula is C16H13ClNO3-. The normalized spacial score (nSPS) is 10.2. The van der Waals surface area contributed by atoms with Crippen LogP contribution in [0.3, 0.4) is 0 Å². The number of carbonyl (C=O) groups excluding carboxylic acids is 2. The number of carbonyl (C=O) groups is 2. The van der Waals surface area contributed by atoms with Gasteiger partial charge in [0.2, 0.25) is 0 Å². The van der Waals surface area contributed by atoms with Crippen LogP contribution >= 0.6 is 11.6 Å². The Balaban J connectivity index is 2.38. The van der Waals surface area contributed by atoms with Gasteiger partial charge in [0, 0.05) is 11.1 Å². The zero-order chi connectivity index (χ0) is 15.6. The van der Waals surface area contributed by atoms with E-state index in [2.05, 4.69) is 5.32 Å². The van der Waals surface area contributed by atoms with Crippen molar-refractivity contribution in [2.75, 3.05) is 5.32 Å². The first-order valence-corrected chi connectivity index (χ1v) is 6.66. The Hall–Kier alpha value is -2.33. The molecule has 0 aliphatic rings. The summed E-state index contributed by atoms with van der Waals surface area (Å²) in [5, 5.41) is 14.1. The van der Waals surface area contributed by atoms with Gasteiger partial charge in [0.1, 0.15) is 0 Å². The van der Waals surface area contributed by atoms with E-state index in [-0.39, 0.29) is 11.1 Å². The van der Waals surface area contributed by atoms with Crippen LogP contribution in [0.5, 0.6) is 0 Å². The molecule has 0 unspecified atom stereocenters. The van der Waals surface area contributed by atoms with Crippen molar-refractivity contribution in [2.24, 2.45) is 0 Å². The number of hydrogen-bond acceptors (Lipinski definition) is 3. The molecule has 108 valence electrons. The van der Waals surface area contributed by atoms with Crippen LogP contribution in [0, 0.1) is 13.8 Å². The van der Waals surface area contributed by atoms with Crippen molar-refractivity contribution in [1.82, 2.24) is 0 Å². The monoisotopic (exact) mass is 302 g/mol. The molecule has 2 aromatic rings. The maximum Gasteiger partial charge on any atom is 0.256 e. The summed E-state index contributed by atoms with van der Waals surface area (Å²) in [6.45, 7) is 3.72. The van der Waals surface area contributed by atoms with Crippen LogP contribution in [0.25, 0.3) is 0 Å². The lowest BCUT2D eigenvalue weighted by Gasteiger charge is -2.14. The number of hydrogen-bond donors (Lipinski definition) is 1. The molecular weight excluding hydrogens is 290 g/mol. The topological polar surface area (TPSA) is 69.2 Å². The molecule has 1 amide bonds. The molecule has 0 saturated carbocycles.